The average molecular weight is 506 g/mol. The van der Waals surface area contributed by atoms with Crippen molar-refractivity contribution in [1.82, 2.24) is 9.88 Å². The number of amides is 1. The van der Waals surface area contributed by atoms with Crippen LogP contribution in [0.1, 0.15) is 28.8 Å². The highest BCUT2D eigenvalue weighted by Crippen LogP contribution is 2.30. The lowest BCUT2D eigenvalue weighted by Crippen LogP contribution is -2.47. The van der Waals surface area contributed by atoms with E-state index >= 15 is 0 Å². The van der Waals surface area contributed by atoms with E-state index in [1.165, 1.54) is 24.1 Å². The van der Waals surface area contributed by atoms with Crippen LogP contribution in [-0.2, 0) is 6.42 Å². The summed E-state index contributed by atoms with van der Waals surface area (Å²) in [6, 6.07) is 21.2. The Kier molecular flexibility index (Phi) is 6.89. The fourth-order valence-electron chi connectivity index (χ4n) is 4.48. The maximum atomic E-state index is 14.0. The number of halogens is 2. The van der Waals surface area contributed by atoms with Gasteiger partial charge in [-0.3, -0.25) is 9.78 Å². The molecule has 0 unspecified atom stereocenters. The van der Waals surface area contributed by atoms with Gasteiger partial charge in [0.2, 0.25) is 0 Å². The van der Waals surface area contributed by atoms with Gasteiger partial charge in [0.05, 0.1) is 16.0 Å². The Labute approximate surface area is 212 Å². The molecule has 1 amide bonds. The van der Waals surface area contributed by atoms with Crippen LogP contribution in [0.25, 0.3) is 10.9 Å². The summed E-state index contributed by atoms with van der Waals surface area (Å²) in [5.74, 6) is -1.96. The number of aliphatic hydroxyl groups is 1. The van der Waals surface area contributed by atoms with Crippen LogP contribution in [0.4, 0.5) is 14.5 Å². The molecule has 5 nitrogen and oxygen atoms in total. The van der Waals surface area contributed by atoms with E-state index in [1.54, 1.807) is 23.2 Å². The first-order chi connectivity index (χ1) is 17.4. The van der Waals surface area contributed by atoms with E-state index in [-0.39, 0.29) is 17.9 Å². The SMILES string of the molecule is O=C(c1ccc(NSc2cccc3cccnc23)cc1)N1CCC(O)(Cc2cccc(F)c2F)CC1. The highest BCUT2D eigenvalue weighted by Gasteiger charge is 2.35. The largest absolute Gasteiger partial charge is 0.389 e. The number of carbonyl (C=O) groups excluding carboxylic acids is 1. The number of benzene rings is 3. The highest BCUT2D eigenvalue weighted by atomic mass is 32.2. The normalized spacial score (nSPS) is 15.1. The van der Waals surface area contributed by atoms with Crippen molar-refractivity contribution in [3.63, 3.8) is 0 Å². The average Bonchev–Trinajstić information content (AvgIpc) is 2.90. The van der Waals surface area contributed by atoms with Crippen molar-refractivity contribution in [1.29, 1.82) is 0 Å². The molecule has 4 aromatic rings. The van der Waals surface area contributed by atoms with Crippen LogP contribution < -0.4 is 4.72 Å². The fourth-order valence-corrected chi connectivity index (χ4v) is 5.26. The van der Waals surface area contributed by atoms with Crippen LogP contribution in [0.3, 0.4) is 0 Å². The van der Waals surface area contributed by atoms with E-state index in [0.29, 0.717) is 31.5 Å². The number of likely N-dealkylation sites (tertiary alicyclic amines) is 1. The zero-order valence-electron chi connectivity index (χ0n) is 19.5. The number of fused-ring (bicyclic) bond motifs is 1. The smallest absolute Gasteiger partial charge is 0.253 e. The highest BCUT2D eigenvalue weighted by molar-refractivity contribution is 8.00. The molecule has 1 aromatic heterocycles. The zero-order valence-corrected chi connectivity index (χ0v) is 20.3. The molecule has 1 aliphatic rings. The first-order valence-electron chi connectivity index (χ1n) is 11.7. The molecule has 3 aromatic carbocycles. The van der Waals surface area contributed by atoms with E-state index in [9.17, 15) is 18.7 Å². The van der Waals surface area contributed by atoms with Gasteiger partial charge in [0.1, 0.15) is 0 Å². The van der Waals surface area contributed by atoms with Crippen LogP contribution in [0.2, 0.25) is 0 Å². The summed E-state index contributed by atoms with van der Waals surface area (Å²) in [5.41, 5.74) is 1.31. The molecule has 2 N–H and O–H groups in total. The van der Waals surface area contributed by atoms with Crippen molar-refractivity contribution >= 4 is 34.4 Å². The van der Waals surface area contributed by atoms with Crippen LogP contribution in [-0.4, -0.2) is 39.6 Å². The number of anilines is 1. The lowest BCUT2D eigenvalue weighted by atomic mass is 9.85. The van der Waals surface area contributed by atoms with Gasteiger partial charge in [0, 0.05) is 42.3 Å². The van der Waals surface area contributed by atoms with Crippen LogP contribution in [0.15, 0.2) is 83.9 Å². The van der Waals surface area contributed by atoms with Gasteiger partial charge in [0.25, 0.3) is 5.91 Å². The van der Waals surface area contributed by atoms with Crippen molar-refractivity contribution in [2.24, 2.45) is 0 Å². The number of hydrogen-bond donors (Lipinski definition) is 2. The third kappa shape index (κ3) is 5.20. The molecule has 8 heteroatoms. The number of nitrogens with one attached hydrogen (secondary N) is 1. The number of para-hydroxylation sites is 1. The van der Waals surface area contributed by atoms with Gasteiger partial charge in [-0.25, -0.2) is 8.78 Å². The van der Waals surface area contributed by atoms with Gasteiger partial charge < -0.3 is 14.7 Å². The Morgan fingerprint density at radius 1 is 1.00 bits per heavy atom. The lowest BCUT2D eigenvalue weighted by Gasteiger charge is -2.38. The maximum absolute atomic E-state index is 14.0. The minimum absolute atomic E-state index is 0.0167. The lowest BCUT2D eigenvalue weighted by molar-refractivity contribution is -0.0168. The third-order valence-corrected chi connectivity index (χ3v) is 7.43. The third-order valence-electron chi connectivity index (χ3n) is 6.54. The minimum Gasteiger partial charge on any atom is -0.389 e. The molecule has 36 heavy (non-hydrogen) atoms. The van der Waals surface area contributed by atoms with Crippen molar-refractivity contribution in [3.8, 4) is 0 Å². The molecule has 1 fully saturated rings. The standard InChI is InChI=1S/C28H25F2N3O2S/c29-23-7-1-5-21(25(23)30)18-28(35)13-16-33(17-14-28)27(34)20-9-11-22(12-10-20)32-36-24-8-2-4-19-6-3-15-31-26(19)24/h1-12,15,32,35H,13-14,16-18H2. The quantitative estimate of drug-likeness (QED) is 0.322. The molecule has 0 radical (unpaired) electrons. The van der Waals surface area contributed by atoms with Gasteiger partial charge in [-0.15, -0.1) is 0 Å². The van der Waals surface area contributed by atoms with Gasteiger partial charge in [-0.2, -0.15) is 0 Å². The van der Waals surface area contributed by atoms with Crippen molar-refractivity contribution in [2.45, 2.75) is 29.8 Å². The van der Waals surface area contributed by atoms with Crippen molar-refractivity contribution < 1.29 is 18.7 Å². The summed E-state index contributed by atoms with van der Waals surface area (Å²) in [6.45, 7) is 0.687. The second-order valence-electron chi connectivity index (χ2n) is 9.02. The summed E-state index contributed by atoms with van der Waals surface area (Å²) >= 11 is 1.46. The number of nitrogens with zero attached hydrogens (tertiary/aromatic N) is 2. The number of rotatable bonds is 6. The Morgan fingerprint density at radius 3 is 2.50 bits per heavy atom. The molecule has 0 saturated carbocycles. The summed E-state index contributed by atoms with van der Waals surface area (Å²) in [5, 5.41) is 12.0. The molecular weight excluding hydrogens is 480 g/mol. The van der Waals surface area contributed by atoms with Crippen molar-refractivity contribution in [2.75, 3.05) is 17.8 Å². The first-order valence-corrected chi connectivity index (χ1v) is 12.5. The summed E-state index contributed by atoms with van der Waals surface area (Å²) < 4.78 is 30.9. The van der Waals surface area contributed by atoms with Crippen molar-refractivity contribution in [3.05, 3.63) is 102 Å². The molecule has 1 saturated heterocycles. The van der Waals surface area contributed by atoms with E-state index < -0.39 is 17.2 Å². The Bertz CT molecular complexity index is 1380. The van der Waals surface area contributed by atoms with E-state index in [4.69, 9.17) is 0 Å². The zero-order chi connectivity index (χ0) is 25.1. The maximum Gasteiger partial charge on any atom is 0.253 e. The molecule has 0 atom stereocenters. The summed E-state index contributed by atoms with van der Waals surface area (Å²) in [4.78, 5) is 20.2. The number of hydrogen-bond acceptors (Lipinski definition) is 5. The monoisotopic (exact) mass is 505 g/mol. The molecule has 1 aliphatic heterocycles. The number of pyridine rings is 1. The van der Waals surface area contributed by atoms with Gasteiger partial charge in [0.15, 0.2) is 11.6 Å². The predicted molar refractivity (Wildman–Crippen MR) is 138 cm³/mol. The molecule has 5 rings (SSSR count). The van der Waals surface area contributed by atoms with Crippen LogP contribution in [0, 0.1) is 11.6 Å². The van der Waals surface area contributed by atoms with E-state index in [1.807, 2.05) is 42.5 Å². The number of carbonyl (C=O) groups is 1. The van der Waals surface area contributed by atoms with Crippen LogP contribution >= 0.6 is 11.9 Å². The van der Waals surface area contributed by atoms with Gasteiger partial charge >= 0.3 is 0 Å². The minimum atomic E-state index is -1.17. The van der Waals surface area contributed by atoms with E-state index in [0.717, 1.165) is 27.6 Å². The first kappa shape index (κ1) is 24.2. The molecule has 2 heterocycles. The predicted octanol–water partition coefficient (Wildman–Crippen LogP) is 5.84. The van der Waals surface area contributed by atoms with E-state index in [2.05, 4.69) is 9.71 Å². The van der Waals surface area contributed by atoms with Gasteiger partial charge in [-0.1, -0.05) is 30.3 Å². The Balaban J connectivity index is 1.18. The molecule has 0 bridgehead atoms. The summed E-state index contributed by atoms with van der Waals surface area (Å²) in [7, 11) is 0. The fraction of sp³-hybridized carbons (Fsp3) is 0.214. The molecule has 0 aliphatic carbocycles. The second kappa shape index (κ2) is 10.2. The molecule has 184 valence electrons. The molecular formula is C28H25F2N3O2S. The second-order valence-corrected chi connectivity index (χ2v) is 9.87. The van der Waals surface area contributed by atoms with Gasteiger partial charge in [-0.05, 0) is 72.8 Å². The Morgan fingerprint density at radius 2 is 1.72 bits per heavy atom. The molecule has 0 spiro atoms. The van der Waals surface area contributed by atoms with Crippen LogP contribution in [0.5, 0.6) is 0 Å². The Hall–Kier alpha value is -3.49. The topological polar surface area (TPSA) is 65.5 Å². The number of aromatic nitrogens is 1. The summed E-state index contributed by atoms with van der Waals surface area (Å²) in [6.07, 6.45) is 2.38. The number of piperidine rings is 1.